The SMILES string of the molecule is CC(=O)c1ncc(C(=O)O)cc1C. The lowest BCUT2D eigenvalue weighted by Gasteiger charge is -2.01. The average molecular weight is 179 g/mol. The molecule has 0 aromatic carbocycles. The van der Waals surface area contributed by atoms with E-state index in [0.717, 1.165) is 0 Å². The summed E-state index contributed by atoms with van der Waals surface area (Å²) in [4.78, 5) is 25.2. The van der Waals surface area contributed by atoms with Crippen LogP contribution < -0.4 is 0 Å². The van der Waals surface area contributed by atoms with Crippen molar-refractivity contribution in [1.82, 2.24) is 4.98 Å². The number of aryl methyl sites for hydroxylation is 1. The molecule has 1 aromatic heterocycles. The summed E-state index contributed by atoms with van der Waals surface area (Å²) in [5, 5.41) is 8.61. The number of carboxylic acid groups (broad SMARTS) is 1. The number of carbonyl (C=O) groups is 2. The molecule has 0 bridgehead atoms. The number of nitrogens with zero attached hydrogens (tertiary/aromatic N) is 1. The van der Waals surface area contributed by atoms with Crippen molar-refractivity contribution < 1.29 is 14.7 Å². The molecule has 0 aliphatic carbocycles. The second-order valence-electron chi connectivity index (χ2n) is 2.75. The number of aromatic carboxylic acids is 1. The van der Waals surface area contributed by atoms with Crippen molar-refractivity contribution in [3.63, 3.8) is 0 Å². The highest BCUT2D eigenvalue weighted by Crippen LogP contribution is 2.08. The molecular weight excluding hydrogens is 170 g/mol. The van der Waals surface area contributed by atoms with Crippen LogP contribution in [0.15, 0.2) is 12.3 Å². The highest BCUT2D eigenvalue weighted by molar-refractivity contribution is 5.95. The van der Waals surface area contributed by atoms with E-state index in [1.165, 1.54) is 19.2 Å². The Morgan fingerprint density at radius 1 is 1.46 bits per heavy atom. The van der Waals surface area contributed by atoms with E-state index in [0.29, 0.717) is 11.3 Å². The highest BCUT2D eigenvalue weighted by Gasteiger charge is 2.09. The second-order valence-corrected chi connectivity index (χ2v) is 2.75. The lowest BCUT2D eigenvalue weighted by molar-refractivity contribution is 0.0695. The quantitative estimate of drug-likeness (QED) is 0.694. The summed E-state index contributed by atoms with van der Waals surface area (Å²) in [7, 11) is 0. The van der Waals surface area contributed by atoms with Gasteiger partial charge in [0.25, 0.3) is 0 Å². The van der Waals surface area contributed by atoms with Crippen molar-refractivity contribution in [3.8, 4) is 0 Å². The smallest absolute Gasteiger partial charge is 0.337 e. The summed E-state index contributed by atoms with van der Waals surface area (Å²) in [6.45, 7) is 3.06. The predicted molar refractivity (Wildman–Crippen MR) is 45.9 cm³/mol. The Morgan fingerprint density at radius 2 is 2.08 bits per heavy atom. The van der Waals surface area contributed by atoms with Crippen molar-refractivity contribution in [1.29, 1.82) is 0 Å². The lowest BCUT2D eigenvalue weighted by Crippen LogP contribution is -2.04. The van der Waals surface area contributed by atoms with E-state index in [-0.39, 0.29) is 11.3 Å². The molecular formula is C9H9NO3. The van der Waals surface area contributed by atoms with Crippen LogP contribution in [0.3, 0.4) is 0 Å². The topological polar surface area (TPSA) is 67.3 Å². The zero-order valence-electron chi connectivity index (χ0n) is 7.37. The summed E-state index contributed by atoms with van der Waals surface area (Å²) in [6, 6.07) is 1.44. The summed E-state index contributed by atoms with van der Waals surface area (Å²) in [5.41, 5.74) is 1.01. The van der Waals surface area contributed by atoms with E-state index in [4.69, 9.17) is 5.11 Å². The first-order chi connectivity index (χ1) is 6.02. The predicted octanol–water partition coefficient (Wildman–Crippen LogP) is 1.29. The second kappa shape index (κ2) is 3.35. The number of ketones is 1. The molecule has 0 atom stereocenters. The first-order valence-corrected chi connectivity index (χ1v) is 3.73. The van der Waals surface area contributed by atoms with E-state index in [1.54, 1.807) is 6.92 Å². The number of pyridine rings is 1. The van der Waals surface area contributed by atoms with Crippen LogP contribution in [0.1, 0.15) is 33.3 Å². The van der Waals surface area contributed by atoms with Crippen LogP contribution >= 0.6 is 0 Å². The Kier molecular flexibility index (Phi) is 2.41. The van der Waals surface area contributed by atoms with Crippen molar-refractivity contribution in [3.05, 3.63) is 29.1 Å². The molecule has 0 unspecified atom stereocenters. The molecule has 4 nitrogen and oxygen atoms in total. The van der Waals surface area contributed by atoms with Crippen molar-refractivity contribution >= 4 is 11.8 Å². The maximum absolute atomic E-state index is 10.9. The van der Waals surface area contributed by atoms with Crippen LogP contribution in [0.25, 0.3) is 0 Å². The lowest BCUT2D eigenvalue weighted by atomic mass is 10.1. The van der Waals surface area contributed by atoms with Crippen molar-refractivity contribution in [2.75, 3.05) is 0 Å². The molecule has 13 heavy (non-hydrogen) atoms. The van der Waals surface area contributed by atoms with Gasteiger partial charge in [-0.15, -0.1) is 0 Å². The summed E-state index contributed by atoms with van der Waals surface area (Å²) >= 11 is 0. The third-order valence-electron chi connectivity index (χ3n) is 1.66. The maximum atomic E-state index is 10.9. The monoisotopic (exact) mass is 179 g/mol. The first kappa shape index (κ1) is 9.38. The van der Waals surface area contributed by atoms with E-state index >= 15 is 0 Å². The highest BCUT2D eigenvalue weighted by atomic mass is 16.4. The molecule has 0 saturated heterocycles. The van der Waals surface area contributed by atoms with Gasteiger partial charge in [-0.3, -0.25) is 9.78 Å². The number of rotatable bonds is 2. The molecule has 1 aromatic rings. The van der Waals surface area contributed by atoms with Gasteiger partial charge in [0.05, 0.1) is 5.56 Å². The third-order valence-corrected chi connectivity index (χ3v) is 1.66. The van der Waals surface area contributed by atoms with Crippen LogP contribution in [0.2, 0.25) is 0 Å². The summed E-state index contributed by atoms with van der Waals surface area (Å²) in [6.07, 6.45) is 1.19. The van der Waals surface area contributed by atoms with Gasteiger partial charge in [0.1, 0.15) is 5.69 Å². The summed E-state index contributed by atoms with van der Waals surface area (Å²) in [5.74, 6) is -1.19. The Morgan fingerprint density at radius 3 is 2.46 bits per heavy atom. The molecule has 1 rings (SSSR count). The van der Waals surface area contributed by atoms with Gasteiger partial charge < -0.3 is 5.11 Å². The van der Waals surface area contributed by atoms with Crippen LogP contribution in [0, 0.1) is 6.92 Å². The zero-order valence-corrected chi connectivity index (χ0v) is 7.37. The minimum Gasteiger partial charge on any atom is -0.478 e. The van der Waals surface area contributed by atoms with Crippen LogP contribution in [0.5, 0.6) is 0 Å². The van der Waals surface area contributed by atoms with E-state index in [9.17, 15) is 9.59 Å². The molecule has 0 fully saturated rings. The fourth-order valence-electron chi connectivity index (χ4n) is 1.06. The molecule has 1 heterocycles. The number of aromatic nitrogens is 1. The van der Waals surface area contributed by atoms with Gasteiger partial charge in [0, 0.05) is 13.1 Å². The van der Waals surface area contributed by atoms with E-state index < -0.39 is 5.97 Å². The Bertz CT molecular complexity index is 371. The molecule has 0 aliphatic heterocycles. The molecule has 1 N–H and O–H groups in total. The van der Waals surface area contributed by atoms with Gasteiger partial charge in [-0.2, -0.15) is 0 Å². The molecule has 0 saturated carbocycles. The first-order valence-electron chi connectivity index (χ1n) is 3.73. The standard InChI is InChI=1S/C9H9NO3/c1-5-3-7(9(12)13)4-10-8(5)6(2)11/h3-4H,1-2H3,(H,12,13). The molecule has 0 aliphatic rings. The van der Waals surface area contributed by atoms with Crippen LogP contribution in [-0.2, 0) is 0 Å². The number of carbonyl (C=O) groups excluding carboxylic acids is 1. The largest absolute Gasteiger partial charge is 0.478 e. The van der Waals surface area contributed by atoms with E-state index in [2.05, 4.69) is 4.98 Å². The van der Waals surface area contributed by atoms with Gasteiger partial charge in [-0.25, -0.2) is 4.79 Å². The van der Waals surface area contributed by atoms with Gasteiger partial charge in [-0.05, 0) is 18.6 Å². The van der Waals surface area contributed by atoms with Gasteiger partial charge >= 0.3 is 5.97 Å². The zero-order chi connectivity index (χ0) is 10.0. The fourth-order valence-corrected chi connectivity index (χ4v) is 1.06. The van der Waals surface area contributed by atoms with Crippen LogP contribution in [-0.4, -0.2) is 21.8 Å². The minimum atomic E-state index is -1.04. The van der Waals surface area contributed by atoms with Gasteiger partial charge in [0.15, 0.2) is 5.78 Å². The molecule has 0 spiro atoms. The number of hydrogen-bond acceptors (Lipinski definition) is 3. The minimum absolute atomic E-state index is 0.0995. The van der Waals surface area contributed by atoms with E-state index in [1.807, 2.05) is 0 Å². The Hall–Kier alpha value is -1.71. The van der Waals surface area contributed by atoms with Gasteiger partial charge in [-0.1, -0.05) is 0 Å². The third kappa shape index (κ3) is 1.90. The number of hydrogen-bond donors (Lipinski definition) is 1. The molecule has 4 heteroatoms. The Labute approximate surface area is 75.2 Å². The Balaban J connectivity index is 3.20. The molecule has 68 valence electrons. The fraction of sp³-hybridized carbons (Fsp3) is 0.222. The normalized spacial score (nSPS) is 9.69. The van der Waals surface area contributed by atoms with Crippen molar-refractivity contribution in [2.45, 2.75) is 13.8 Å². The number of carboxylic acids is 1. The summed E-state index contributed by atoms with van der Waals surface area (Å²) < 4.78 is 0. The molecule has 0 amide bonds. The molecule has 0 radical (unpaired) electrons. The van der Waals surface area contributed by atoms with Gasteiger partial charge in [0.2, 0.25) is 0 Å². The maximum Gasteiger partial charge on any atom is 0.337 e. The van der Waals surface area contributed by atoms with Crippen LogP contribution in [0.4, 0.5) is 0 Å². The number of Topliss-reactive ketones (excluding diaryl/α,β-unsaturated/α-hetero) is 1. The van der Waals surface area contributed by atoms with Crippen molar-refractivity contribution in [2.24, 2.45) is 0 Å². The average Bonchev–Trinajstić information content (AvgIpc) is 2.03.